The van der Waals surface area contributed by atoms with E-state index in [-0.39, 0.29) is 30.5 Å². The molecule has 3 heteroatoms. The van der Waals surface area contributed by atoms with Gasteiger partial charge in [0.05, 0.1) is 18.8 Å². The van der Waals surface area contributed by atoms with Crippen LogP contribution in [0.4, 0.5) is 0 Å². The van der Waals surface area contributed by atoms with Gasteiger partial charge in [-0.05, 0) is 30.6 Å². The van der Waals surface area contributed by atoms with Gasteiger partial charge in [0.25, 0.3) is 0 Å². The Morgan fingerprint density at radius 2 is 2.25 bits per heavy atom. The molecule has 1 heterocycles. The second-order valence-electron chi connectivity index (χ2n) is 4.53. The number of allylic oxidation sites excluding steroid dienone is 1. The van der Waals surface area contributed by atoms with Crippen molar-refractivity contribution in [1.29, 1.82) is 0 Å². The molecule has 0 saturated carbocycles. The molecule has 2 aliphatic rings. The van der Waals surface area contributed by atoms with E-state index in [1.165, 1.54) is 0 Å². The summed E-state index contributed by atoms with van der Waals surface area (Å²) in [5, 5.41) is 9.34. The highest BCUT2D eigenvalue weighted by molar-refractivity contribution is 5.96. The van der Waals surface area contributed by atoms with E-state index in [0.717, 1.165) is 17.6 Å². The van der Waals surface area contributed by atoms with E-state index in [0.29, 0.717) is 6.42 Å². The Hall–Kier alpha value is -0.930. The number of aliphatic hydroxyl groups is 1. The molecular formula is C13H18O3. The van der Waals surface area contributed by atoms with Gasteiger partial charge in [-0.1, -0.05) is 13.0 Å². The number of aliphatic hydroxyl groups excluding tert-OH is 1. The molecule has 0 amide bonds. The van der Waals surface area contributed by atoms with Gasteiger partial charge in [-0.25, -0.2) is 0 Å². The molecular weight excluding hydrogens is 204 g/mol. The highest BCUT2D eigenvalue weighted by Gasteiger charge is 2.35. The summed E-state index contributed by atoms with van der Waals surface area (Å²) in [6.45, 7) is 3.92. The fourth-order valence-corrected chi connectivity index (χ4v) is 2.40. The predicted octanol–water partition coefficient (Wildman–Crippen LogP) is 1.62. The van der Waals surface area contributed by atoms with Gasteiger partial charge in [0, 0.05) is 12.3 Å². The van der Waals surface area contributed by atoms with E-state index < -0.39 is 0 Å². The largest absolute Gasteiger partial charge is 0.392 e. The van der Waals surface area contributed by atoms with Crippen molar-refractivity contribution in [1.82, 2.24) is 0 Å². The predicted molar refractivity (Wildman–Crippen MR) is 61.0 cm³/mol. The van der Waals surface area contributed by atoms with E-state index in [1.807, 2.05) is 19.1 Å². The highest BCUT2D eigenvalue weighted by atomic mass is 16.5. The van der Waals surface area contributed by atoms with E-state index in [1.54, 1.807) is 0 Å². The van der Waals surface area contributed by atoms with Crippen molar-refractivity contribution in [2.45, 2.75) is 38.9 Å². The average molecular weight is 222 g/mol. The molecule has 2 rings (SSSR count). The highest BCUT2D eigenvalue weighted by Crippen LogP contribution is 2.34. The first-order chi connectivity index (χ1) is 7.65. The zero-order chi connectivity index (χ0) is 11.7. The quantitative estimate of drug-likeness (QED) is 0.722. The summed E-state index contributed by atoms with van der Waals surface area (Å²) in [6.07, 6.45) is 5.28. The molecule has 0 aromatic heterocycles. The van der Waals surface area contributed by atoms with Crippen molar-refractivity contribution in [2.75, 3.05) is 6.61 Å². The van der Waals surface area contributed by atoms with Crippen LogP contribution in [0.2, 0.25) is 0 Å². The third kappa shape index (κ3) is 1.97. The maximum atomic E-state index is 11.6. The van der Waals surface area contributed by atoms with Crippen molar-refractivity contribution in [2.24, 2.45) is 5.92 Å². The molecule has 1 aliphatic heterocycles. The molecule has 88 valence electrons. The van der Waals surface area contributed by atoms with Crippen LogP contribution in [0.25, 0.3) is 0 Å². The maximum absolute atomic E-state index is 11.6. The third-order valence-corrected chi connectivity index (χ3v) is 3.45. The van der Waals surface area contributed by atoms with Crippen LogP contribution in [0.3, 0.4) is 0 Å². The van der Waals surface area contributed by atoms with Crippen molar-refractivity contribution in [3.8, 4) is 0 Å². The van der Waals surface area contributed by atoms with Crippen molar-refractivity contribution in [3.63, 3.8) is 0 Å². The fraction of sp³-hybridized carbons (Fsp3) is 0.615. The first-order valence-electron chi connectivity index (χ1n) is 5.84. The Kier molecular flexibility index (Phi) is 3.26. The number of hydrogen-bond acceptors (Lipinski definition) is 3. The van der Waals surface area contributed by atoms with Crippen LogP contribution in [0, 0.1) is 5.92 Å². The zero-order valence-corrected chi connectivity index (χ0v) is 9.77. The molecule has 3 nitrogen and oxygen atoms in total. The van der Waals surface area contributed by atoms with Gasteiger partial charge in [0.15, 0.2) is 5.78 Å². The van der Waals surface area contributed by atoms with Gasteiger partial charge in [-0.3, -0.25) is 4.79 Å². The lowest BCUT2D eigenvalue weighted by Gasteiger charge is -2.36. The first-order valence-corrected chi connectivity index (χ1v) is 5.84. The second-order valence-corrected chi connectivity index (χ2v) is 4.53. The number of Topliss-reactive ketones (excluding diaryl/α,β-unsaturated/α-hetero) is 1. The number of fused-ring (bicyclic) bond motifs is 1. The Bertz CT molecular complexity index is 354. The van der Waals surface area contributed by atoms with E-state index in [4.69, 9.17) is 4.74 Å². The Morgan fingerprint density at radius 1 is 1.50 bits per heavy atom. The van der Waals surface area contributed by atoms with Crippen LogP contribution in [0.1, 0.15) is 26.7 Å². The summed E-state index contributed by atoms with van der Waals surface area (Å²) in [5.41, 5.74) is 1.75. The first kappa shape index (κ1) is 11.6. The lowest BCUT2D eigenvalue weighted by Crippen LogP contribution is -2.38. The van der Waals surface area contributed by atoms with Gasteiger partial charge in [-0.2, -0.15) is 0 Å². The van der Waals surface area contributed by atoms with E-state index in [9.17, 15) is 9.90 Å². The number of carbonyl (C=O) groups is 1. The molecule has 0 fully saturated rings. The fourth-order valence-electron chi connectivity index (χ4n) is 2.40. The molecule has 16 heavy (non-hydrogen) atoms. The molecule has 0 radical (unpaired) electrons. The minimum absolute atomic E-state index is 0.0290. The number of carbonyl (C=O) groups excluding carboxylic acids is 1. The normalized spacial score (nSPS) is 34.2. The van der Waals surface area contributed by atoms with Crippen LogP contribution in [-0.4, -0.2) is 29.7 Å². The average Bonchev–Trinajstić information content (AvgIpc) is 2.29. The number of ether oxygens (including phenoxy) is 1. The van der Waals surface area contributed by atoms with Gasteiger partial charge in [-0.15, -0.1) is 0 Å². The number of hydrogen-bond donors (Lipinski definition) is 1. The van der Waals surface area contributed by atoms with Crippen LogP contribution >= 0.6 is 0 Å². The van der Waals surface area contributed by atoms with Gasteiger partial charge in [0.2, 0.25) is 0 Å². The van der Waals surface area contributed by atoms with Crippen LogP contribution in [0.15, 0.2) is 23.3 Å². The molecule has 3 atom stereocenters. The van der Waals surface area contributed by atoms with Crippen LogP contribution in [-0.2, 0) is 9.53 Å². The zero-order valence-electron chi connectivity index (χ0n) is 9.77. The summed E-state index contributed by atoms with van der Waals surface area (Å²) >= 11 is 0. The topological polar surface area (TPSA) is 46.5 Å². The molecule has 0 aromatic carbocycles. The summed E-state index contributed by atoms with van der Waals surface area (Å²) in [5.74, 6) is 0.211. The molecule has 1 unspecified atom stereocenters. The minimum atomic E-state index is -0.0326. The Balaban J connectivity index is 2.29. The molecule has 0 saturated heterocycles. The maximum Gasteiger partial charge on any atom is 0.159 e. The minimum Gasteiger partial charge on any atom is -0.392 e. The molecule has 0 aromatic rings. The molecule has 0 bridgehead atoms. The van der Waals surface area contributed by atoms with Gasteiger partial charge in [0.1, 0.15) is 0 Å². The van der Waals surface area contributed by atoms with E-state index in [2.05, 4.69) is 6.92 Å². The van der Waals surface area contributed by atoms with Crippen molar-refractivity contribution < 1.29 is 14.6 Å². The van der Waals surface area contributed by atoms with Crippen molar-refractivity contribution >= 4 is 5.78 Å². The third-order valence-electron chi connectivity index (χ3n) is 3.45. The summed E-state index contributed by atoms with van der Waals surface area (Å²) in [6, 6.07) is 0. The molecule has 1 aliphatic carbocycles. The summed E-state index contributed by atoms with van der Waals surface area (Å²) in [4.78, 5) is 11.6. The second kappa shape index (κ2) is 4.52. The lowest BCUT2D eigenvalue weighted by atomic mass is 9.79. The number of rotatable bonds is 2. The van der Waals surface area contributed by atoms with Gasteiger partial charge >= 0.3 is 0 Å². The Morgan fingerprint density at radius 3 is 2.88 bits per heavy atom. The van der Waals surface area contributed by atoms with Gasteiger partial charge < -0.3 is 9.84 Å². The van der Waals surface area contributed by atoms with Crippen LogP contribution < -0.4 is 0 Å². The monoisotopic (exact) mass is 222 g/mol. The van der Waals surface area contributed by atoms with Crippen molar-refractivity contribution in [3.05, 3.63) is 23.3 Å². The lowest BCUT2D eigenvalue weighted by molar-refractivity contribution is -0.119. The molecule has 1 N–H and O–H groups in total. The molecule has 0 spiro atoms. The Labute approximate surface area is 95.8 Å². The van der Waals surface area contributed by atoms with E-state index >= 15 is 0 Å². The number of ketones is 1. The standard InChI is InChI=1S/C13H18O3/c1-3-10-5-9(7-14)11-6-12(15)8(2)4-13(11)16-10/h4-5,10-11,13-14H,3,6-7H2,1-2H3/t10?,11-,13-/m1/s1. The van der Waals surface area contributed by atoms with Crippen LogP contribution in [0.5, 0.6) is 0 Å². The summed E-state index contributed by atoms with van der Waals surface area (Å²) < 4.78 is 5.87. The SMILES string of the molecule is CCC1C=C(CO)[C@H]2CC(=O)C(C)=C[C@H]2O1. The summed E-state index contributed by atoms with van der Waals surface area (Å²) in [7, 11) is 0. The smallest absolute Gasteiger partial charge is 0.159 e.